The molecule has 1 aromatic carbocycles. The van der Waals surface area contributed by atoms with Crippen LogP contribution in [-0.2, 0) is 4.79 Å². The van der Waals surface area contributed by atoms with Crippen molar-refractivity contribution in [2.24, 2.45) is 0 Å². The zero-order valence-corrected chi connectivity index (χ0v) is 14.1. The molecule has 1 N–H and O–H groups in total. The summed E-state index contributed by atoms with van der Waals surface area (Å²) >= 11 is 9.64. The highest BCUT2D eigenvalue weighted by Crippen LogP contribution is 2.38. The molecular weight excluding hydrogens is 362 g/mol. The standard InChI is InChI=1S/C13H12BrNO3S2/c1-3-18-9-6-8(14)4-7(11(9)16)5-10-12(17)15(2)13(19)20-10/h4-6,16H,3H2,1-2H3. The van der Waals surface area contributed by atoms with Crippen LogP contribution in [0.1, 0.15) is 12.5 Å². The predicted octanol–water partition coefficient (Wildman–Crippen LogP) is 3.38. The molecule has 0 unspecified atom stereocenters. The number of carbonyl (C=O) groups excluding carboxylic acids is 1. The summed E-state index contributed by atoms with van der Waals surface area (Å²) in [5.74, 6) is 0.217. The van der Waals surface area contributed by atoms with Crippen LogP contribution in [0.25, 0.3) is 6.08 Å². The van der Waals surface area contributed by atoms with Crippen LogP contribution in [0.2, 0.25) is 0 Å². The van der Waals surface area contributed by atoms with Gasteiger partial charge in [-0.25, -0.2) is 0 Å². The first-order chi connectivity index (χ1) is 9.43. The highest BCUT2D eigenvalue weighted by atomic mass is 79.9. The Hall–Kier alpha value is -1.05. The molecule has 0 aromatic heterocycles. The van der Waals surface area contributed by atoms with E-state index in [0.717, 1.165) is 4.47 Å². The number of carbonyl (C=O) groups is 1. The number of ether oxygens (including phenoxy) is 1. The molecule has 0 atom stereocenters. The Kier molecular flexibility index (Phi) is 4.72. The number of phenolic OH excluding ortho intramolecular Hbond substituents is 1. The third kappa shape index (κ3) is 2.99. The van der Waals surface area contributed by atoms with Crippen molar-refractivity contribution in [2.75, 3.05) is 13.7 Å². The second-order valence-corrected chi connectivity index (χ2v) is 6.61. The van der Waals surface area contributed by atoms with Crippen molar-refractivity contribution in [3.8, 4) is 11.5 Å². The highest BCUT2D eigenvalue weighted by molar-refractivity contribution is 9.10. The summed E-state index contributed by atoms with van der Waals surface area (Å²) in [6.07, 6.45) is 1.62. The maximum Gasteiger partial charge on any atom is 0.265 e. The number of rotatable bonds is 3. The Labute approximate surface area is 134 Å². The molecule has 1 heterocycles. The number of phenols is 1. The van der Waals surface area contributed by atoms with Gasteiger partial charge in [0.25, 0.3) is 5.91 Å². The number of likely N-dealkylation sites (N-methyl/N-ethyl adjacent to an activating group) is 1. The Morgan fingerprint density at radius 3 is 2.80 bits per heavy atom. The lowest BCUT2D eigenvalue weighted by molar-refractivity contribution is -0.121. The van der Waals surface area contributed by atoms with Gasteiger partial charge >= 0.3 is 0 Å². The lowest BCUT2D eigenvalue weighted by Crippen LogP contribution is -2.22. The molecule has 0 saturated carbocycles. The van der Waals surface area contributed by atoms with Gasteiger partial charge in [-0.2, -0.15) is 0 Å². The van der Waals surface area contributed by atoms with Gasteiger partial charge in [0.05, 0.1) is 11.5 Å². The van der Waals surface area contributed by atoms with Crippen LogP contribution in [0.3, 0.4) is 0 Å². The van der Waals surface area contributed by atoms with Gasteiger partial charge in [0.1, 0.15) is 4.32 Å². The Balaban J connectivity index is 2.44. The monoisotopic (exact) mass is 373 g/mol. The molecule has 1 aromatic rings. The Morgan fingerprint density at radius 1 is 1.55 bits per heavy atom. The predicted molar refractivity (Wildman–Crippen MR) is 87.9 cm³/mol. The summed E-state index contributed by atoms with van der Waals surface area (Å²) in [5.41, 5.74) is 0.511. The quantitative estimate of drug-likeness (QED) is 0.649. The average molecular weight is 374 g/mol. The minimum atomic E-state index is -0.169. The normalized spacial score (nSPS) is 17.1. The third-order valence-corrected chi connectivity index (χ3v) is 4.58. The SMILES string of the molecule is CCOc1cc(Br)cc(C=C2SC(=S)N(C)C2=O)c1O. The fourth-order valence-electron chi connectivity index (χ4n) is 1.66. The second-order valence-electron chi connectivity index (χ2n) is 4.02. The van der Waals surface area contributed by atoms with Crippen molar-refractivity contribution in [1.82, 2.24) is 4.90 Å². The van der Waals surface area contributed by atoms with Gasteiger partial charge < -0.3 is 9.84 Å². The van der Waals surface area contributed by atoms with E-state index in [2.05, 4.69) is 15.9 Å². The van der Waals surface area contributed by atoms with Gasteiger partial charge in [0, 0.05) is 17.1 Å². The minimum Gasteiger partial charge on any atom is -0.504 e. The molecule has 0 radical (unpaired) electrons. The highest BCUT2D eigenvalue weighted by Gasteiger charge is 2.29. The number of hydrogen-bond donors (Lipinski definition) is 1. The molecular formula is C13H12BrNO3S2. The number of thiocarbonyl (C=S) groups is 1. The summed E-state index contributed by atoms with van der Waals surface area (Å²) in [4.78, 5) is 13.8. The number of aromatic hydroxyl groups is 1. The van der Waals surface area contributed by atoms with Gasteiger partial charge in [-0.3, -0.25) is 9.69 Å². The molecule has 1 aliphatic rings. The molecule has 0 aliphatic carbocycles. The number of hydrogen-bond acceptors (Lipinski definition) is 5. The van der Waals surface area contributed by atoms with Gasteiger partial charge in [-0.15, -0.1) is 0 Å². The molecule has 1 amide bonds. The fraction of sp³-hybridized carbons (Fsp3) is 0.231. The van der Waals surface area contributed by atoms with E-state index in [1.165, 1.54) is 16.7 Å². The number of benzene rings is 1. The van der Waals surface area contributed by atoms with E-state index in [0.29, 0.717) is 27.1 Å². The smallest absolute Gasteiger partial charge is 0.265 e. The van der Waals surface area contributed by atoms with Crippen LogP contribution in [0.4, 0.5) is 0 Å². The van der Waals surface area contributed by atoms with E-state index in [9.17, 15) is 9.90 Å². The molecule has 20 heavy (non-hydrogen) atoms. The van der Waals surface area contributed by atoms with Crippen molar-refractivity contribution >= 4 is 56.2 Å². The number of halogens is 1. The second kappa shape index (κ2) is 6.15. The van der Waals surface area contributed by atoms with E-state index in [4.69, 9.17) is 17.0 Å². The molecule has 7 heteroatoms. The lowest BCUT2D eigenvalue weighted by Gasteiger charge is -2.09. The first-order valence-electron chi connectivity index (χ1n) is 5.81. The lowest BCUT2D eigenvalue weighted by atomic mass is 10.1. The van der Waals surface area contributed by atoms with Gasteiger partial charge in [0.15, 0.2) is 11.5 Å². The zero-order chi connectivity index (χ0) is 14.9. The van der Waals surface area contributed by atoms with Crippen LogP contribution in [-0.4, -0.2) is 33.9 Å². The fourth-order valence-corrected chi connectivity index (χ4v) is 3.28. The summed E-state index contributed by atoms with van der Waals surface area (Å²) in [6.45, 7) is 2.28. The minimum absolute atomic E-state index is 0.0106. The van der Waals surface area contributed by atoms with Gasteiger partial charge in [-0.05, 0) is 25.1 Å². The molecule has 0 spiro atoms. The Morgan fingerprint density at radius 2 is 2.25 bits per heavy atom. The summed E-state index contributed by atoms with van der Waals surface area (Å²) < 4.78 is 6.62. The van der Waals surface area contributed by atoms with E-state index >= 15 is 0 Å². The molecule has 1 aliphatic heterocycles. The first-order valence-corrected chi connectivity index (χ1v) is 7.82. The first kappa shape index (κ1) is 15.3. The Bertz CT molecular complexity index is 616. The maximum absolute atomic E-state index is 12.0. The van der Waals surface area contributed by atoms with Crippen molar-refractivity contribution in [2.45, 2.75) is 6.92 Å². The van der Waals surface area contributed by atoms with Crippen molar-refractivity contribution in [1.29, 1.82) is 0 Å². The molecule has 1 fully saturated rings. The van der Waals surface area contributed by atoms with Crippen molar-refractivity contribution in [3.63, 3.8) is 0 Å². The average Bonchev–Trinajstić information content (AvgIpc) is 2.63. The van der Waals surface area contributed by atoms with E-state index in [1.54, 1.807) is 25.3 Å². The molecule has 1 saturated heterocycles. The molecule has 2 rings (SSSR count). The molecule has 0 bridgehead atoms. The summed E-state index contributed by atoms with van der Waals surface area (Å²) in [5, 5.41) is 10.2. The third-order valence-electron chi connectivity index (χ3n) is 2.64. The largest absolute Gasteiger partial charge is 0.504 e. The summed E-state index contributed by atoms with van der Waals surface area (Å²) in [7, 11) is 1.63. The zero-order valence-electron chi connectivity index (χ0n) is 10.8. The van der Waals surface area contributed by atoms with E-state index in [1.807, 2.05) is 6.92 Å². The van der Waals surface area contributed by atoms with Crippen LogP contribution < -0.4 is 4.74 Å². The van der Waals surface area contributed by atoms with Crippen molar-refractivity contribution < 1.29 is 14.6 Å². The number of thioether (sulfide) groups is 1. The maximum atomic E-state index is 12.0. The topological polar surface area (TPSA) is 49.8 Å². The molecule has 106 valence electrons. The van der Waals surface area contributed by atoms with Gasteiger partial charge in [-0.1, -0.05) is 39.9 Å². The van der Waals surface area contributed by atoms with E-state index in [-0.39, 0.29) is 11.7 Å². The number of nitrogens with zero attached hydrogens (tertiary/aromatic N) is 1. The van der Waals surface area contributed by atoms with Crippen LogP contribution in [0.15, 0.2) is 21.5 Å². The number of amides is 1. The van der Waals surface area contributed by atoms with Crippen molar-refractivity contribution in [3.05, 3.63) is 27.1 Å². The van der Waals surface area contributed by atoms with Crippen LogP contribution >= 0.6 is 39.9 Å². The van der Waals surface area contributed by atoms with Crippen LogP contribution in [0.5, 0.6) is 11.5 Å². The van der Waals surface area contributed by atoms with E-state index < -0.39 is 0 Å². The molecule has 4 nitrogen and oxygen atoms in total. The van der Waals surface area contributed by atoms with Crippen LogP contribution in [0, 0.1) is 0 Å². The summed E-state index contributed by atoms with van der Waals surface area (Å²) in [6, 6.07) is 3.40. The van der Waals surface area contributed by atoms with Gasteiger partial charge in [0.2, 0.25) is 0 Å².